The average Bonchev–Trinajstić information content (AvgIpc) is 2.32. The Morgan fingerprint density at radius 3 is 2.78 bits per heavy atom. The maximum absolute atomic E-state index is 12.0. The highest BCUT2D eigenvalue weighted by molar-refractivity contribution is 6.30. The van der Waals surface area contributed by atoms with Crippen LogP contribution < -0.4 is 5.73 Å². The van der Waals surface area contributed by atoms with E-state index in [1.165, 1.54) is 0 Å². The molecule has 2 rings (SSSR count). The first-order valence-corrected chi connectivity index (χ1v) is 6.75. The summed E-state index contributed by atoms with van der Waals surface area (Å²) in [5.74, 6) is 0.243. The number of likely N-dealkylation sites (tertiary alicyclic amines) is 1. The normalized spacial score (nSPS) is 17.9. The Morgan fingerprint density at radius 2 is 2.11 bits per heavy atom. The highest BCUT2D eigenvalue weighted by Crippen LogP contribution is 2.12. The molecule has 18 heavy (non-hydrogen) atoms. The molecule has 0 spiro atoms. The molecule has 1 saturated heterocycles. The molecule has 0 saturated carbocycles. The molecule has 0 radical (unpaired) electrons. The summed E-state index contributed by atoms with van der Waals surface area (Å²) in [5.41, 5.74) is 6.83. The molecule has 4 heteroatoms. The Kier molecular flexibility index (Phi) is 4.75. The number of benzene rings is 1. The second kappa shape index (κ2) is 6.32. The van der Waals surface area contributed by atoms with Crippen LogP contribution in [0.2, 0.25) is 5.02 Å². The standard InChI is InChI=1S/C14H19ClN2O/c15-12-3-1-2-11(8-12)9-14(18)10-17-6-4-13(16)5-7-17/h1-3,8,13H,4-7,9-10,16H2. The number of carbonyl (C=O) groups excluding carboxylic acids is 1. The Balaban J connectivity index is 1.82. The maximum Gasteiger partial charge on any atom is 0.151 e. The van der Waals surface area contributed by atoms with Crippen molar-refractivity contribution in [3.05, 3.63) is 34.9 Å². The van der Waals surface area contributed by atoms with Crippen molar-refractivity contribution >= 4 is 17.4 Å². The van der Waals surface area contributed by atoms with Crippen LogP contribution in [-0.2, 0) is 11.2 Å². The van der Waals surface area contributed by atoms with Gasteiger partial charge in [-0.15, -0.1) is 0 Å². The summed E-state index contributed by atoms with van der Waals surface area (Å²) in [4.78, 5) is 14.1. The van der Waals surface area contributed by atoms with E-state index >= 15 is 0 Å². The minimum Gasteiger partial charge on any atom is -0.328 e. The Labute approximate surface area is 113 Å². The summed E-state index contributed by atoms with van der Waals surface area (Å²) in [5, 5.41) is 0.684. The quantitative estimate of drug-likeness (QED) is 0.905. The van der Waals surface area contributed by atoms with Crippen molar-refractivity contribution in [3.8, 4) is 0 Å². The highest BCUT2D eigenvalue weighted by Gasteiger charge is 2.18. The lowest BCUT2D eigenvalue weighted by atomic mass is 10.0. The number of nitrogens with zero attached hydrogens (tertiary/aromatic N) is 1. The second-order valence-electron chi connectivity index (χ2n) is 4.96. The van der Waals surface area contributed by atoms with Crippen LogP contribution in [0.15, 0.2) is 24.3 Å². The van der Waals surface area contributed by atoms with Gasteiger partial charge in [0.25, 0.3) is 0 Å². The summed E-state index contributed by atoms with van der Waals surface area (Å²) in [6.07, 6.45) is 2.44. The van der Waals surface area contributed by atoms with Gasteiger partial charge < -0.3 is 5.73 Å². The van der Waals surface area contributed by atoms with E-state index in [1.54, 1.807) is 0 Å². The summed E-state index contributed by atoms with van der Waals surface area (Å²) in [6.45, 7) is 2.39. The van der Waals surface area contributed by atoms with Gasteiger partial charge in [0.15, 0.2) is 5.78 Å². The van der Waals surface area contributed by atoms with Crippen LogP contribution in [0.25, 0.3) is 0 Å². The molecule has 1 aliphatic heterocycles. The predicted octanol–water partition coefficient (Wildman–Crippen LogP) is 1.87. The number of hydrogen-bond acceptors (Lipinski definition) is 3. The third-order valence-corrected chi connectivity index (χ3v) is 3.56. The number of nitrogens with two attached hydrogens (primary N) is 1. The van der Waals surface area contributed by atoms with Gasteiger partial charge in [-0.05, 0) is 30.5 Å². The third-order valence-electron chi connectivity index (χ3n) is 3.32. The van der Waals surface area contributed by atoms with Crippen LogP contribution in [0, 0.1) is 0 Å². The summed E-state index contributed by atoms with van der Waals surface area (Å²) < 4.78 is 0. The van der Waals surface area contributed by atoms with Gasteiger partial charge in [-0.3, -0.25) is 9.69 Å². The SMILES string of the molecule is NC1CCN(CC(=O)Cc2cccc(Cl)c2)CC1. The zero-order valence-electron chi connectivity index (χ0n) is 10.4. The molecule has 3 nitrogen and oxygen atoms in total. The molecule has 1 aromatic rings. The molecule has 1 aromatic carbocycles. The predicted molar refractivity (Wildman–Crippen MR) is 73.8 cm³/mol. The highest BCUT2D eigenvalue weighted by atomic mass is 35.5. The first kappa shape index (κ1) is 13.5. The van der Waals surface area contributed by atoms with E-state index < -0.39 is 0 Å². The number of halogens is 1. The van der Waals surface area contributed by atoms with Crippen LogP contribution >= 0.6 is 11.6 Å². The number of rotatable bonds is 4. The Hall–Kier alpha value is -0.900. The first-order valence-electron chi connectivity index (χ1n) is 6.37. The molecule has 2 N–H and O–H groups in total. The van der Waals surface area contributed by atoms with E-state index in [4.69, 9.17) is 17.3 Å². The van der Waals surface area contributed by atoms with Crippen LogP contribution in [0.3, 0.4) is 0 Å². The van der Waals surface area contributed by atoms with Crippen LogP contribution in [0.4, 0.5) is 0 Å². The molecule has 0 unspecified atom stereocenters. The molecule has 0 bridgehead atoms. The minimum absolute atomic E-state index is 0.243. The van der Waals surface area contributed by atoms with Gasteiger partial charge in [-0.25, -0.2) is 0 Å². The lowest BCUT2D eigenvalue weighted by Gasteiger charge is -2.29. The zero-order valence-corrected chi connectivity index (χ0v) is 11.2. The van der Waals surface area contributed by atoms with Crippen molar-refractivity contribution in [3.63, 3.8) is 0 Å². The molecular weight excluding hydrogens is 248 g/mol. The number of carbonyl (C=O) groups is 1. The largest absolute Gasteiger partial charge is 0.328 e. The number of piperidine rings is 1. The third kappa shape index (κ3) is 4.09. The fourth-order valence-corrected chi connectivity index (χ4v) is 2.50. The maximum atomic E-state index is 12.0. The van der Waals surface area contributed by atoms with Gasteiger partial charge in [0, 0.05) is 30.6 Å². The van der Waals surface area contributed by atoms with Gasteiger partial charge in [0.2, 0.25) is 0 Å². The van der Waals surface area contributed by atoms with Crippen molar-refractivity contribution < 1.29 is 4.79 Å². The topological polar surface area (TPSA) is 46.3 Å². The van der Waals surface area contributed by atoms with Gasteiger partial charge in [0.1, 0.15) is 0 Å². The van der Waals surface area contributed by atoms with Crippen molar-refractivity contribution in [1.29, 1.82) is 0 Å². The molecular formula is C14H19ClN2O. The van der Waals surface area contributed by atoms with Crippen LogP contribution in [-0.4, -0.2) is 36.4 Å². The van der Waals surface area contributed by atoms with E-state index in [9.17, 15) is 4.79 Å². The molecule has 0 aromatic heterocycles. The van der Waals surface area contributed by atoms with Crippen molar-refractivity contribution in [2.75, 3.05) is 19.6 Å². The summed E-state index contributed by atoms with van der Waals surface area (Å²) in [6, 6.07) is 7.80. The van der Waals surface area contributed by atoms with Gasteiger partial charge in [-0.2, -0.15) is 0 Å². The molecule has 0 atom stereocenters. The minimum atomic E-state index is 0.243. The molecule has 98 valence electrons. The van der Waals surface area contributed by atoms with Crippen LogP contribution in [0.1, 0.15) is 18.4 Å². The number of Topliss-reactive ketones (excluding diaryl/α,β-unsaturated/α-hetero) is 1. The van der Waals surface area contributed by atoms with Crippen molar-refractivity contribution in [2.45, 2.75) is 25.3 Å². The summed E-state index contributed by atoms with van der Waals surface area (Å²) >= 11 is 5.90. The first-order chi connectivity index (χ1) is 8.63. The smallest absolute Gasteiger partial charge is 0.151 e. The van der Waals surface area contributed by atoms with E-state index in [2.05, 4.69) is 4.90 Å². The fraction of sp³-hybridized carbons (Fsp3) is 0.500. The van der Waals surface area contributed by atoms with E-state index in [0.717, 1.165) is 31.5 Å². The molecule has 0 amide bonds. The van der Waals surface area contributed by atoms with E-state index in [0.29, 0.717) is 24.0 Å². The zero-order chi connectivity index (χ0) is 13.0. The number of hydrogen-bond donors (Lipinski definition) is 1. The van der Waals surface area contributed by atoms with Crippen molar-refractivity contribution in [2.24, 2.45) is 5.73 Å². The monoisotopic (exact) mass is 266 g/mol. The fourth-order valence-electron chi connectivity index (χ4n) is 2.29. The van der Waals surface area contributed by atoms with E-state index in [1.807, 2.05) is 24.3 Å². The lowest BCUT2D eigenvalue weighted by Crippen LogP contribution is -2.42. The summed E-state index contributed by atoms with van der Waals surface area (Å²) in [7, 11) is 0. The van der Waals surface area contributed by atoms with Crippen LogP contribution in [0.5, 0.6) is 0 Å². The van der Waals surface area contributed by atoms with Gasteiger partial charge >= 0.3 is 0 Å². The lowest BCUT2D eigenvalue weighted by molar-refractivity contribution is -0.119. The molecule has 1 heterocycles. The van der Waals surface area contributed by atoms with Crippen molar-refractivity contribution in [1.82, 2.24) is 4.90 Å². The molecule has 1 fully saturated rings. The average molecular weight is 267 g/mol. The molecule has 1 aliphatic rings. The molecule has 0 aliphatic carbocycles. The van der Waals surface area contributed by atoms with Gasteiger partial charge in [-0.1, -0.05) is 23.7 Å². The van der Waals surface area contributed by atoms with Gasteiger partial charge in [0.05, 0.1) is 6.54 Å². The Morgan fingerprint density at radius 1 is 1.39 bits per heavy atom. The Bertz CT molecular complexity index is 414. The number of ketones is 1. The second-order valence-corrected chi connectivity index (χ2v) is 5.40. The van der Waals surface area contributed by atoms with E-state index in [-0.39, 0.29) is 5.78 Å².